The molecule has 0 bridgehead atoms. The molecule has 1 aliphatic rings. The largest absolute Gasteiger partial charge is 0.369 e. The van der Waals surface area contributed by atoms with Gasteiger partial charge in [-0.2, -0.15) is 11.8 Å². The zero-order valence-corrected chi connectivity index (χ0v) is 18.0. The molecule has 2 aromatic carbocycles. The molecule has 0 aliphatic heterocycles. The fourth-order valence-corrected chi connectivity index (χ4v) is 5.02. The highest BCUT2D eigenvalue weighted by Crippen LogP contribution is 2.27. The molecule has 1 N–H and O–H groups in total. The van der Waals surface area contributed by atoms with E-state index in [2.05, 4.69) is 70.9 Å². The molecule has 0 unspecified atom stereocenters. The average Bonchev–Trinajstić information content (AvgIpc) is 2.77. The molecule has 2 nitrogen and oxygen atoms in total. The van der Waals surface area contributed by atoms with Crippen LogP contribution >= 0.6 is 11.8 Å². The van der Waals surface area contributed by atoms with Crippen molar-refractivity contribution in [2.24, 2.45) is 0 Å². The van der Waals surface area contributed by atoms with E-state index in [9.17, 15) is 0 Å². The van der Waals surface area contributed by atoms with Crippen molar-refractivity contribution < 1.29 is 0 Å². The number of para-hydroxylation sites is 1. The molecule has 0 radical (unpaired) electrons. The van der Waals surface area contributed by atoms with Crippen LogP contribution in [0.4, 0.5) is 5.69 Å². The lowest BCUT2D eigenvalue weighted by Gasteiger charge is -2.36. The summed E-state index contributed by atoms with van der Waals surface area (Å²) in [5.41, 5.74) is 2.84. The minimum absolute atomic E-state index is 0.741. The van der Waals surface area contributed by atoms with E-state index in [0.29, 0.717) is 0 Å². The van der Waals surface area contributed by atoms with Crippen LogP contribution in [-0.2, 0) is 5.75 Å². The van der Waals surface area contributed by atoms with Gasteiger partial charge in [-0.3, -0.25) is 0 Å². The van der Waals surface area contributed by atoms with E-state index < -0.39 is 0 Å². The summed E-state index contributed by atoms with van der Waals surface area (Å²) < 4.78 is 0. The van der Waals surface area contributed by atoms with Gasteiger partial charge in [-0.05, 0) is 62.2 Å². The van der Waals surface area contributed by atoms with Gasteiger partial charge < -0.3 is 10.2 Å². The van der Waals surface area contributed by atoms with E-state index in [0.717, 1.165) is 24.9 Å². The SMILES string of the molecule is c1ccc(CSCCCNCCCN(c2ccccc2)C2CCCCC2)cc1. The van der Waals surface area contributed by atoms with Gasteiger partial charge in [0.25, 0.3) is 0 Å². The summed E-state index contributed by atoms with van der Waals surface area (Å²) in [5.74, 6) is 2.37. The number of benzene rings is 2. The molecule has 1 saturated carbocycles. The quantitative estimate of drug-likeness (QED) is 0.435. The third-order valence-electron chi connectivity index (χ3n) is 5.61. The number of nitrogens with one attached hydrogen (secondary N) is 1. The second kappa shape index (κ2) is 12.9. The van der Waals surface area contributed by atoms with Crippen molar-refractivity contribution in [2.45, 2.75) is 56.7 Å². The summed E-state index contributed by atoms with van der Waals surface area (Å²) >= 11 is 2.04. The van der Waals surface area contributed by atoms with Gasteiger partial charge >= 0.3 is 0 Å². The van der Waals surface area contributed by atoms with Crippen molar-refractivity contribution in [2.75, 3.05) is 30.3 Å². The van der Waals surface area contributed by atoms with Gasteiger partial charge in [0, 0.05) is 24.0 Å². The van der Waals surface area contributed by atoms with Crippen molar-refractivity contribution >= 4 is 17.4 Å². The number of anilines is 1. The standard InChI is InChI=1S/C25H36N2S/c1-4-12-23(13-5-1)22-28-21-11-19-26-18-10-20-27(24-14-6-2-7-15-24)25-16-8-3-9-17-25/h1-2,4-7,12-15,25-26H,3,8-11,16-22H2. The molecule has 3 heteroatoms. The van der Waals surface area contributed by atoms with Crippen LogP contribution in [0.25, 0.3) is 0 Å². The average molecular weight is 397 g/mol. The molecule has 3 rings (SSSR count). The van der Waals surface area contributed by atoms with Crippen LogP contribution in [0.2, 0.25) is 0 Å². The van der Waals surface area contributed by atoms with Crippen LogP contribution in [-0.4, -0.2) is 31.4 Å². The Hall–Kier alpha value is -1.45. The van der Waals surface area contributed by atoms with E-state index in [1.807, 2.05) is 11.8 Å². The lowest BCUT2D eigenvalue weighted by molar-refractivity contribution is 0.411. The maximum absolute atomic E-state index is 3.65. The van der Waals surface area contributed by atoms with Gasteiger partial charge in [-0.15, -0.1) is 0 Å². The number of hydrogen-bond donors (Lipinski definition) is 1. The van der Waals surface area contributed by atoms with E-state index in [4.69, 9.17) is 0 Å². The van der Waals surface area contributed by atoms with Crippen LogP contribution in [0.1, 0.15) is 50.5 Å². The summed E-state index contributed by atoms with van der Waals surface area (Å²) in [4.78, 5) is 2.68. The molecule has 1 aliphatic carbocycles. The van der Waals surface area contributed by atoms with E-state index in [1.165, 1.54) is 68.5 Å². The second-order valence-electron chi connectivity index (χ2n) is 7.82. The fraction of sp³-hybridized carbons (Fsp3) is 0.520. The molecule has 0 spiro atoms. The Morgan fingerprint density at radius 1 is 0.821 bits per heavy atom. The topological polar surface area (TPSA) is 15.3 Å². The fourth-order valence-electron chi connectivity index (χ4n) is 4.10. The zero-order chi connectivity index (χ0) is 19.3. The highest BCUT2D eigenvalue weighted by Gasteiger charge is 2.20. The summed E-state index contributed by atoms with van der Waals surface area (Å²) in [6.45, 7) is 3.43. The zero-order valence-electron chi connectivity index (χ0n) is 17.2. The van der Waals surface area contributed by atoms with Crippen LogP contribution in [0.15, 0.2) is 60.7 Å². The van der Waals surface area contributed by atoms with E-state index in [-0.39, 0.29) is 0 Å². The molecule has 0 heterocycles. The molecule has 1 fully saturated rings. The van der Waals surface area contributed by atoms with E-state index >= 15 is 0 Å². The minimum Gasteiger partial charge on any atom is -0.369 e. The Balaban J connectivity index is 1.29. The number of hydrogen-bond acceptors (Lipinski definition) is 3. The normalized spacial score (nSPS) is 14.9. The first-order valence-electron chi connectivity index (χ1n) is 11.1. The number of thioether (sulfide) groups is 1. The first kappa shape index (κ1) is 21.3. The molecule has 0 amide bonds. The first-order chi connectivity index (χ1) is 13.9. The third-order valence-corrected chi connectivity index (χ3v) is 6.72. The first-order valence-corrected chi connectivity index (χ1v) is 12.2. The second-order valence-corrected chi connectivity index (χ2v) is 8.92. The molecular weight excluding hydrogens is 360 g/mol. The van der Waals surface area contributed by atoms with Gasteiger partial charge in [0.15, 0.2) is 0 Å². The Labute approximate surface area is 176 Å². The van der Waals surface area contributed by atoms with Gasteiger partial charge in [-0.25, -0.2) is 0 Å². The van der Waals surface area contributed by atoms with E-state index in [1.54, 1.807) is 0 Å². The van der Waals surface area contributed by atoms with Crippen LogP contribution in [0.5, 0.6) is 0 Å². The number of nitrogens with zero attached hydrogens (tertiary/aromatic N) is 1. The predicted octanol–water partition coefficient (Wildman–Crippen LogP) is 6.13. The Bertz CT molecular complexity index is 626. The molecule has 152 valence electrons. The lowest BCUT2D eigenvalue weighted by atomic mass is 9.93. The molecule has 2 aromatic rings. The van der Waals surface area contributed by atoms with Crippen LogP contribution in [0.3, 0.4) is 0 Å². The smallest absolute Gasteiger partial charge is 0.0368 e. The Kier molecular flexibility index (Phi) is 9.80. The van der Waals surface area contributed by atoms with Crippen molar-refractivity contribution in [1.82, 2.24) is 5.32 Å². The highest BCUT2D eigenvalue weighted by atomic mass is 32.2. The molecule has 28 heavy (non-hydrogen) atoms. The van der Waals surface area contributed by atoms with Crippen molar-refractivity contribution in [3.05, 3.63) is 66.2 Å². The van der Waals surface area contributed by atoms with Gasteiger partial charge in [0.1, 0.15) is 0 Å². The van der Waals surface area contributed by atoms with Gasteiger partial charge in [0.2, 0.25) is 0 Å². The van der Waals surface area contributed by atoms with Crippen molar-refractivity contribution in [3.63, 3.8) is 0 Å². The van der Waals surface area contributed by atoms with Crippen LogP contribution < -0.4 is 10.2 Å². The molecular formula is C25H36N2S. The lowest BCUT2D eigenvalue weighted by Crippen LogP contribution is -2.38. The summed E-state index contributed by atoms with van der Waals surface area (Å²) in [7, 11) is 0. The van der Waals surface area contributed by atoms with Crippen molar-refractivity contribution in [1.29, 1.82) is 0 Å². The number of rotatable bonds is 12. The summed E-state index contributed by atoms with van der Waals surface area (Å²) in [6, 6.07) is 22.6. The maximum Gasteiger partial charge on any atom is 0.0368 e. The Morgan fingerprint density at radius 2 is 1.50 bits per heavy atom. The molecule has 0 atom stereocenters. The molecule has 0 aromatic heterocycles. The Morgan fingerprint density at radius 3 is 2.25 bits per heavy atom. The monoisotopic (exact) mass is 396 g/mol. The highest BCUT2D eigenvalue weighted by molar-refractivity contribution is 7.98. The summed E-state index contributed by atoms with van der Waals surface area (Å²) in [6.07, 6.45) is 9.41. The predicted molar refractivity (Wildman–Crippen MR) is 125 cm³/mol. The minimum atomic E-state index is 0.741. The third kappa shape index (κ3) is 7.52. The van der Waals surface area contributed by atoms with Gasteiger partial charge in [0.05, 0.1) is 0 Å². The molecule has 0 saturated heterocycles. The van der Waals surface area contributed by atoms with Crippen molar-refractivity contribution in [3.8, 4) is 0 Å². The van der Waals surface area contributed by atoms with Crippen LogP contribution in [0, 0.1) is 0 Å². The summed E-state index contributed by atoms with van der Waals surface area (Å²) in [5, 5.41) is 3.65. The maximum atomic E-state index is 3.65. The van der Waals surface area contributed by atoms with Gasteiger partial charge in [-0.1, -0.05) is 67.8 Å².